The average molecular weight is 449 g/mol. The molecule has 0 N–H and O–H groups in total. The SMILES string of the molecule is Cc1ccc(-n2ccc3c4ccc5c(ccc6c5ccn6-c5ccc(C)s5)c4ccc32)s1. The van der Waals surface area contributed by atoms with Crippen LogP contribution in [0.15, 0.2) is 85.2 Å². The summed E-state index contributed by atoms with van der Waals surface area (Å²) in [5, 5.41) is 10.4. The van der Waals surface area contributed by atoms with Crippen molar-refractivity contribution in [1.82, 2.24) is 9.13 Å². The fourth-order valence-corrected chi connectivity index (χ4v) is 6.68. The summed E-state index contributed by atoms with van der Waals surface area (Å²) in [6, 6.07) is 27.0. The minimum atomic E-state index is 1.26. The van der Waals surface area contributed by atoms with Crippen molar-refractivity contribution in [2.24, 2.45) is 0 Å². The highest BCUT2D eigenvalue weighted by Gasteiger charge is 2.13. The maximum absolute atomic E-state index is 2.31. The zero-order chi connectivity index (χ0) is 21.4. The molecule has 0 radical (unpaired) electrons. The van der Waals surface area contributed by atoms with E-state index >= 15 is 0 Å². The van der Waals surface area contributed by atoms with E-state index in [9.17, 15) is 0 Å². The van der Waals surface area contributed by atoms with E-state index in [0.29, 0.717) is 0 Å². The first-order valence-corrected chi connectivity index (χ1v) is 12.4. The zero-order valence-electron chi connectivity index (χ0n) is 17.8. The smallest absolute Gasteiger partial charge is 0.0997 e. The normalized spacial score (nSPS) is 12.1. The highest BCUT2D eigenvalue weighted by molar-refractivity contribution is 7.14. The van der Waals surface area contributed by atoms with E-state index < -0.39 is 0 Å². The molecule has 0 saturated heterocycles. The van der Waals surface area contributed by atoms with E-state index in [2.05, 4.69) is 108 Å². The molecule has 0 aliphatic heterocycles. The van der Waals surface area contributed by atoms with Crippen LogP contribution in [-0.2, 0) is 0 Å². The monoisotopic (exact) mass is 448 g/mol. The Morgan fingerprint density at radius 3 is 1.25 bits per heavy atom. The lowest BCUT2D eigenvalue weighted by Crippen LogP contribution is -1.89. The number of thiophene rings is 2. The molecule has 0 aliphatic rings. The quantitative estimate of drug-likeness (QED) is 0.234. The second-order valence-corrected chi connectivity index (χ2v) is 10.9. The van der Waals surface area contributed by atoms with Gasteiger partial charge in [-0.3, -0.25) is 0 Å². The summed E-state index contributed by atoms with van der Waals surface area (Å²) >= 11 is 3.67. The molecule has 154 valence electrons. The first-order chi connectivity index (χ1) is 15.7. The molecule has 32 heavy (non-hydrogen) atoms. The predicted molar refractivity (Wildman–Crippen MR) is 140 cm³/mol. The maximum atomic E-state index is 2.31. The van der Waals surface area contributed by atoms with Crippen LogP contribution in [0.4, 0.5) is 0 Å². The Balaban J connectivity index is 1.47. The van der Waals surface area contributed by atoms with Crippen LogP contribution in [0.5, 0.6) is 0 Å². The molecule has 0 fully saturated rings. The number of rotatable bonds is 2. The number of aromatic nitrogens is 2. The Labute approximate surface area is 193 Å². The lowest BCUT2D eigenvalue weighted by atomic mass is 9.98. The molecule has 4 aromatic heterocycles. The number of aryl methyl sites for hydroxylation is 2. The van der Waals surface area contributed by atoms with Gasteiger partial charge in [0, 0.05) is 32.9 Å². The Bertz CT molecular complexity index is 1670. The van der Waals surface area contributed by atoms with Gasteiger partial charge in [-0.15, -0.1) is 22.7 Å². The van der Waals surface area contributed by atoms with Crippen LogP contribution in [-0.4, -0.2) is 9.13 Å². The van der Waals surface area contributed by atoms with Gasteiger partial charge in [0.1, 0.15) is 0 Å². The van der Waals surface area contributed by atoms with Crippen LogP contribution >= 0.6 is 22.7 Å². The largest absolute Gasteiger partial charge is 0.308 e. The molecule has 0 spiro atoms. The van der Waals surface area contributed by atoms with E-state index in [4.69, 9.17) is 0 Å². The second-order valence-electron chi connectivity index (χ2n) is 8.39. The average Bonchev–Trinajstić information content (AvgIpc) is 3.58. The van der Waals surface area contributed by atoms with Crippen LogP contribution < -0.4 is 0 Å². The predicted octanol–water partition coefficient (Wildman–Crippen LogP) is 8.62. The summed E-state index contributed by atoms with van der Waals surface area (Å²) in [6.07, 6.45) is 4.40. The van der Waals surface area contributed by atoms with Crippen LogP contribution in [0, 0.1) is 13.8 Å². The van der Waals surface area contributed by atoms with Crippen molar-refractivity contribution < 1.29 is 0 Å². The standard InChI is InChI=1S/C28H20N2S2/c1-17-3-11-27(31-17)29-15-13-23-21-5-6-22-20(19(21)7-9-25(23)29)8-10-26-24(22)14-16-30(26)28-12-4-18(2)32-28/h3-16H,1-2H3. The second kappa shape index (κ2) is 6.58. The fraction of sp³-hybridized carbons (Fsp3) is 0.0714. The molecular weight excluding hydrogens is 428 g/mol. The van der Waals surface area contributed by atoms with Crippen molar-refractivity contribution in [3.63, 3.8) is 0 Å². The number of hydrogen-bond acceptors (Lipinski definition) is 2. The van der Waals surface area contributed by atoms with Gasteiger partial charge in [0.2, 0.25) is 0 Å². The van der Waals surface area contributed by atoms with E-state index in [1.54, 1.807) is 0 Å². The van der Waals surface area contributed by atoms with Gasteiger partial charge < -0.3 is 9.13 Å². The third-order valence-electron chi connectivity index (χ3n) is 6.46. The fourth-order valence-electron chi connectivity index (χ4n) is 4.96. The number of benzene rings is 3. The summed E-state index contributed by atoms with van der Waals surface area (Å²) < 4.78 is 4.62. The first kappa shape index (κ1) is 18.3. The minimum absolute atomic E-state index is 1.26. The van der Waals surface area contributed by atoms with E-state index in [0.717, 1.165) is 0 Å². The Morgan fingerprint density at radius 2 is 0.844 bits per heavy atom. The minimum Gasteiger partial charge on any atom is -0.308 e. The zero-order valence-corrected chi connectivity index (χ0v) is 19.4. The van der Waals surface area contributed by atoms with Crippen molar-refractivity contribution in [3.05, 3.63) is 94.9 Å². The Kier molecular flexibility index (Phi) is 3.75. The van der Waals surface area contributed by atoms with Gasteiger partial charge in [0.25, 0.3) is 0 Å². The molecule has 0 aliphatic carbocycles. The lowest BCUT2D eigenvalue weighted by molar-refractivity contribution is 1.16. The summed E-state index contributed by atoms with van der Waals surface area (Å²) in [5.74, 6) is 0. The number of fused-ring (bicyclic) bond motifs is 7. The van der Waals surface area contributed by atoms with E-state index in [-0.39, 0.29) is 0 Å². The molecule has 7 aromatic rings. The third-order valence-corrected chi connectivity index (χ3v) is 8.46. The van der Waals surface area contributed by atoms with E-state index in [1.165, 1.54) is 63.1 Å². The van der Waals surface area contributed by atoms with Gasteiger partial charge in [0.05, 0.1) is 21.0 Å². The van der Waals surface area contributed by atoms with Gasteiger partial charge >= 0.3 is 0 Å². The maximum Gasteiger partial charge on any atom is 0.0997 e. The van der Waals surface area contributed by atoms with Crippen molar-refractivity contribution in [3.8, 4) is 10.0 Å². The molecule has 4 heterocycles. The number of hydrogen-bond donors (Lipinski definition) is 0. The van der Waals surface area contributed by atoms with Crippen molar-refractivity contribution in [2.75, 3.05) is 0 Å². The highest BCUT2D eigenvalue weighted by atomic mass is 32.1. The molecule has 0 saturated carbocycles. The molecular formula is C28H20N2S2. The van der Waals surface area contributed by atoms with Crippen LogP contribution in [0.25, 0.3) is 53.4 Å². The first-order valence-electron chi connectivity index (χ1n) is 10.8. The van der Waals surface area contributed by atoms with Crippen LogP contribution in [0.3, 0.4) is 0 Å². The molecule has 4 heteroatoms. The Hall–Kier alpha value is -3.34. The van der Waals surface area contributed by atoms with Gasteiger partial charge in [-0.1, -0.05) is 24.3 Å². The van der Waals surface area contributed by atoms with Gasteiger partial charge in [-0.05, 0) is 83.9 Å². The van der Waals surface area contributed by atoms with E-state index in [1.807, 2.05) is 22.7 Å². The third kappa shape index (κ3) is 2.51. The summed E-state index contributed by atoms with van der Waals surface area (Å²) in [6.45, 7) is 4.32. The number of nitrogens with zero attached hydrogens (tertiary/aromatic N) is 2. The van der Waals surface area contributed by atoms with Crippen LogP contribution in [0.2, 0.25) is 0 Å². The van der Waals surface area contributed by atoms with Crippen LogP contribution in [0.1, 0.15) is 9.75 Å². The molecule has 2 nitrogen and oxygen atoms in total. The van der Waals surface area contributed by atoms with Crippen molar-refractivity contribution in [2.45, 2.75) is 13.8 Å². The van der Waals surface area contributed by atoms with Gasteiger partial charge in [0.15, 0.2) is 0 Å². The molecule has 3 aromatic carbocycles. The molecule has 7 rings (SSSR count). The summed E-state index contributed by atoms with van der Waals surface area (Å²) in [7, 11) is 0. The van der Waals surface area contributed by atoms with Gasteiger partial charge in [-0.25, -0.2) is 0 Å². The molecule has 0 atom stereocenters. The van der Waals surface area contributed by atoms with Crippen molar-refractivity contribution >= 4 is 66.0 Å². The van der Waals surface area contributed by atoms with Crippen molar-refractivity contribution in [1.29, 1.82) is 0 Å². The molecule has 0 amide bonds. The molecule has 0 bridgehead atoms. The lowest BCUT2D eigenvalue weighted by Gasteiger charge is -2.09. The summed E-state index contributed by atoms with van der Waals surface area (Å²) in [4.78, 5) is 2.67. The molecule has 0 unspecified atom stereocenters. The highest BCUT2D eigenvalue weighted by Crippen LogP contribution is 2.37. The topological polar surface area (TPSA) is 9.86 Å². The summed E-state index contributed by atoms with van der Waals surface area (Å²) in [5.41, 5.74) is 2.53. The van der Waals surface area contributed by atoms with Gasteiger partial charge in [-0.2, -0.15) is 0 Å². The Morgan fingerprint density at radius 1 is 0.438 bits per heavy atom.